The van der Waals surface area contributed by atoms with Crippen molar-refractivity contribution in [2.24, 2.45) is 10.7 Å². The average Bonchev–Trinajstić information content (AvgIpc) is 2.73. The van der Waals surface area contributed by atoms with Crippen molar-refractivity contribution in [3.63, 3.8) is 0 Å². The molecule has 0 aliphatic carbocycles. The van der Waals surface area contributed by atoms with Crippen LogP contribution in [0.15, 0.2) is 33.8 Å². The number of nitrogens with two attached hydrogens (primary N) is 1. The van der Waals surface area contributed by atoms with Crippen LogP contribution >= 0.6 is 0 Å². The van der Waals surface area contributed by atoms with E-state index in [-0.39, 0.29) is 0 Å². The summed E-state index contributed by atoms with van der Waals surface area (Å²) in [6.07, 6.45) is 0.775. The highest BCUT2D eigenvalue weighted by atomic mass is 16.5. The molecule has 106 valence electrons. The summed E-state index contributed by atoms with van der Waals surface area (Å²) in [7, 11) is 0. The first kappa shape index (κ1) is 14.1. The molecule has 0 saturated heterocycles. The van der Waals surface area contributed by atoms with E-state index in [2.05, 4.69) is 15.5 Å². The number of aromatic nitrogens is 1. The topological polar surface area (TPSA) is 76.4 Å². The Morgan fingerprint density at radius 2 is 1.95 bits per heavy atom. The van der Waals surface area contributed by atoms with Gasteiger partial charge in [-0.15, -0.1) is 0 Å². The molecule has 0 aliphatic heterocycles. The van der Waals surface area contributed by atoms with Crippen molar-refractivity contribution in [2.75, 3.05) is 11.9 Å². The predicted octanol–water partition coefficient (Wildman–Crippen LogP) is 2.57. The summed E-state index contributed by atoms with van der Waals surface area (Å²) in [5, 5.41) is 6.99. The van der Waals surface area contributed by atoms with Crippen LogP contribution < -0.4 is 11.1 Å². The maximum Gasteiger partial charge on any atom is 0.193 e. The molecule has 0 atom stereocenters. The summed E-state index contributed by atoms with van der Waals surface area (Å²) in [6, 6.07) is 8.01. The average molecular weight is 272 g/mol. The van der Waals surface area contributed by atoms with Crippen molar-refractivity contribution < 1.29 is 4.52 Å². The van der Waals surface area contributed by atoms with Gasteiger partial charge in [0.05, 0.1) is 5.69 Å². The third kappa shape index (κ3) is 3.60. The fourth-order valence-electron chi connectivity index (χ4n) is 1.97. The van der Waals surface area contributed by atoms with Crippen LogP contribution in [0.2, 0.25) is 0 Å². The lowest BCUT2D eigenvalue weighted by atomic mass is 10.1. The minimum absolute atomic E-state index is 0.417. The molecule has 1 heterocycles. The quantitative estimate of drug-likeness (QED) is 0.662. The SMILES string of the molecule is Cc1ccc(NC(N)=NCCc2c(C)noc2C)cc1. The maximum atomic E-state index is 5.86. The van der Waals surface area contributed by atoms with Gasteiger partial charge in [0, 0.05) is 17.8 Å². The first-order valence-electron chi connectivity index (χ1n) is 6.61. The van der Waals surface area contributed by atoms with E-state index in [1.807, 2.05) is 45.0 Å². The predicted molar refractivity (Wildman–Crippen MR) is 81.0 cm³/mol. The standard InChI is InChI=1S/C15H20N4O/c1-10-4-6-13(7-5-10)18-15(16)17-9-8-14-11(2)19-20-12(14)3/h4-7H,8-9H2,1-3H3,(H3,16,17,18). The molecule has 20 heavy (non-hydrogen) atoms. The number of nitrogens with one attached hydrogen (secondary N) is 1. The summed E-state index contributed by atoms with van der Waals surface area (Å²) in [4.78, 5) is 4.31. The highest BCUT2D eigenvalue weighted by Gasteiger charge is 2.07. The summed E-state index contributed by atoms with van der Waals surface area (Å²) in [5.41, 5.74) is 10.0. The van der Waals surface area contributed by atoms with Crippen LogP contribution in [0.3, 0.4) is 0 Å². The minimum Gasteiger partial charge on any atom is -0.370 e. The minimum atomic E-state index is 0.417. The first-order chi connectivity index (χ1) is 9.56. The molecule has 1 aromatic heterocycles. The molecule has 0 unspecified atom stereocenters. The maximum absolute atomic E-state index is 5.86. The van der Waals surface area contributed by atoms with Crippen molar-refractivity contribution in [1.82, 2.24) is 5.16 Å². The van der Waals surface area contributed by atoms with Gasteiger partial charge in [-0.1, -0.05) is 22.9 Å². The van der Waals surface area contributed by atoms with Gasteiger partial charge in [0.25, 0.3) is 0 Å². The van der Waals surface area contributed by atoms with Gasteiger partial charge in [-0.3, -0.25) is 4.99 Å². The van der Waals surface area contributed by atoms with E-state index in [1.165, 1.54) is 5.56 Å². The molecule has 0 aliphatic rings. The van der Waals surface area contributed by atoms with E-state index in [0.29, 0.717) is 12.5 Å². The molecule has 2 aromatic rings. The van der Waals surface area contributed by atoms with Crippen LogP contribution in [-0.2, 0) is 6.42 Å². The Bertz CT molecular complexity index is 579. The molecule has 1 aromatic carbocycles. The molecule has 5 heteroatoms. The second-order valence-electron chi connectivity index (χ2n) is 4.81. The molecular weight excluding hydrogens is 252 g/mol. The Morgan fingerprint density at radius 1 is 1.25 bits per heavy atom. The number of aryl methyl sites for hydroxylation is 3. The molecule has 0 bridgehead atoms. The summed E-state index contributed by atoms with van der Waals surface area (Å²) in [5.74, 6) is 1.27. The Kier molecular flexibility index (Phi) is 4.40. The summed E-state index contributed by atoms with van der Waals surface area (Å²) < 4.78 is 5.11. The smallest absolute Gasteiger partial charge is 0.193 e. The fraction of sp³-hybridized carbons (Fsp3) is 0.333. The summed E-state index contributed by atoms with van der Waals surface area (Å²) in [6.45, 7) is 6.49. The van der Waals surface area contributed by atoms with Gasteiger partial charge in [-0.2, -0.15) is 0 Å². The highest BCUT2D eigenvalue weighted by molar-refractivity contribution is 5.92. The molecular formula is C15H20N4O. The van der Waals surface area contributed by atoms with Crippen LogP contribution in [0.4, 0.5) is 5.69 Å². The number of benzene rings is 1. The van der Waals surface area contributed by atoms with Crippen molar-refractivity contribution in [3.8, 4) is 0 Å². The van der Waals surface area contributed by atoms with Crippen LogP contribution in [0.25, 0.3) is 0 Å². The van der Waals surface area contributed by atoms with Gasteiger partial charge < -0.3 is 15.6 Å². The van der Waals surface area contributed by atoms with Crippen molar-refractivity contribution in [2.45, 2.75) is 27.2 Å². The lowest BCUT2D eigenvalue weighted by Crippen LogP contribution is -2.23. The van der Waals surface area contributed by atoms with E-state index in [9.17, 15) is 0 Å². The molecule has 3 N–H and O–H groups in total. The normalized spacial score (nSPS) is 11.7. The molecule has 0 spiro atoms. The van der Waals surface area contributed by atoms with Gasteiger partial charge in [0.2, 0.25) is 0 Å². The van der Waals surface area contributed by atoms with E-state index in [0.717, 1.165) is 29.1 Å². The first-order valence-corrected chi connectivity index (χ1v) is 6.61. The number of hydrogen-bond acceptors (Lipinski definition) is 3. The number of rotatable bonds is 4. The van der Waals surface area contributed by atoms with Gasteiger partial charge in [0.15, 0.2) is 5.96 Å². The van der Waals surface area contributed by atoms with Crippen LogP contribution in [0.1, 0.15) is 22.6 Å². The molecule has 0 radical (unpaired) electrons. The third-order valence-corrected chi connectivity index (χ3v) is 3.15. The van der Waals surface area contributed by atoms with E-state index in [1.54, 1.807) is 0 Å². The Hall–Kier alpha value is -2.30. The number of hydrogen-bond donors (Lipinski definition) is 2. The number of aliphatic imine (C=N–C) groups is 1. The third-order valence-electron chi connectivity index (χ3n) is 3.15. The fourth-order valence-corrected chi connectivity index (χ4v) is 1.97. The monoisotopic (exact) mass is 272 g/mol. The molecule has 0 amide bonds. The van der Waals surface area contributed by atoms with Gasteiger partial charge >= 0.3 is 0 Å². The zero-order chi connectivity index (χ0) is 14.5. The lowest BCUT2D eigenvalue weighted by Gasteiger charge is -2.05. The Labute approximate surface area is 118 Å². The zero-order valence-corrected chi connectivity index (χ0v) is 12.1. The van der Waals surface area contributed by atoms with Gasteiger partial charge in [0.1, 0.15) is 5.76 Å². The molecule has 0 fully saturated rings. The Balaban J connectivity index is 1.90. The van der Waals surface area contributed by atoms with Gasteiger partial charge in [-0.05, 0) is 39.3 Å². The van der Waals surface area contributed by atoms with Crippen molar-refractivity contribution >= 4 is 11.6 Å². The number of nitrogens with zero attached hydrogens (tertiary/aromatic N) is 2. The molecule has 2 rings (SSSR count). The second-order valence-corrected chi connectivity index (χ2v) is 4.81. The number of guanidine groups is 1. The van der Waals surface area contributed by atoms with Crippen molar-refractivity contribution in [1.29, 1.82) is 0 Å². The summed E-state index contributed by atoms with van der Waals surface area (Å²) >= 11 is 0. The van der Waals surface area contributed by atoms with E-state index in [4.69, 9.17) is 10.3 Å². The highest BCUT2D eigenvalue weighted by Crippen LogP contribution is 2.12. The van der Waals surface area contributed by atoms with Crippen LogP contribution in [-0.4, -0.2) is 17.7 Å². The van der Waals surface area contributed by atoms with Crippen LogP contribution in [0, 0.1) is 20.8 Å². The van der Waals surface area contributed by atoms with Gasteiger partial charge in [-0.25, -0.2) is 0 Å². The van der Waals surface area contributed by atoms with E-state index < -0.39 is 0 Å². The molecule has 0 saturated carbocycles. The number of anilines is 1. The second kappa shape index (κ2) is 6.23. The van der Waals surface area contributed by atoms with Crippen molar-refractivity contribution in [3.05, 3.63) is 46.8 Å². The lowest BCUT2D eigenvalue weighted by molar-refractivity contribution is 0.392. The Morgan fingerprint density at radius 3 is 2.55 bits per heavy atom. The largest absolute Gasteiger partial charge is 0.370 e. The zero-order valence-electron chi connectivity index (χ0n) is 12.1. The van der Waals surface area contributed by atoms with Crippen LogP contribution in [0.5, 0.6) is 0 Å². The molecule has 5 nitrogen and oxygen atoms in total. The van der Waals surface area contributed by atoms with E-state index >= 15 is 0 Å².